The predicted molar refractivity (Wildman–Crippen MR) is 86.0 cm³/mol. The van der Waals surface area contributed by atoms with Crippen LogP contribution in [0.25, 0.3) is 0 Å². The maximum Gasteiger partial charge on any atom is 0.326 e. The lowest BCUT2D eigenvalue weighted by atomic mass is 10.3. The Balaban J connectivity index is 2.00. The molecule has 0 aliphatic rings. The van der Waals surface area contributed by atoms with Gasteiger partial charge < -0.3 is 20.8 Å². The van der Waals surface area contributed by atoms with E-state index in [2.05, 4.69) is 10.3 Å². The number of anilines is 1. The molecule has 0 spiro atoms. The van der Waals surface area contributed by atoms with Crippen molar-refractivity contribution in [2.24, 2.45) is 0 Å². The Morgan fingerprint density at radius 2 is 2.13 bits per heavy atom. The Morgan fingerprint density at radius 3 is 2.83 bits per heavy atom. The first-order valence-electron chi connectivity index (χ1n) is 6.68. The topological polar surface area (TPSA) is 130 Å². The highest BCUT2D eigenvalue weighted by atomic mass is 35.5. The van der Waals surface area contributed by atoms with Crippen molar-refractivity contribution >= 4 is 23.2 Å². The molecule has 0 saturated carbocycles. The van der Waals surface area contributed by atoms with Gasteiger partial charge in [0.15, 0.2) is 0 Å². The van der Waals surface area contributed by atoms with Crippen LogP contribution < -0.4 is 27.0 Å². The van der Waals surface area contributed by atoms with Gasteiger partial charge in [-0.1, -0.05) is 17.7 Å². The fourth-order valence-electron chi connectivity index (χ4n) is 1.79. The largest absolute Gasteiger partial charge is 0.491 e. The smallest absolute Gasteiger partial charge is 0.326 e. The van der Waals surface area contributed by atoms with Crippen molar-refractivity contribution in [3.63, 3.8) is 0 Å². The lowest BCUT2D eigenvalue weighted by Gasteiger charge is -2.15. The normalized spacial score (nSPS) is 11.7. The summed E-state index contributed by atoms with van der Waals surface area (Å²) in [6.45, 7) is 1.86. The number of rotatable bonds is 5. The van der Waals surface area contributed by atoms with Crippen LogP contribution in [0.3, 0.4) is 0 Å². The molecule has 0 aliphatic heterocycles. The fraction of sp³-hybridized carbons (Fsp3) is 0.214. The van der Waals surface area contributed by atoms with Crippen LogP contribution in [0.4, 0.5) is 5.69 Å². The number of benzene rings is 1. The second-order valence-corrected chi connectivity index (χ2v) is 5.28. The highest BCUT2D eigenvalue weighted by Crippen LogP contribution is 2.17. The van der Waals surface area contributed by atoms with Gasteiger partial charge in [-0.15, -0.1) is 0 Å². The molecule has 122 valence electrons. The van der Waals surface area contributed by atoms with Crippen LogP contribution in [0, 0.1) is 0 Å². The van der Waals surface area contributed by atoms with E-state index in [0.29, 0.717) is 10.8 Å². The summed E-state index contributed by atoms with van der Waals surface area (Å²) in [4.78, 5) is 38.8. The molecule has 23 heavy (non-hydrogen) atoms. The Labute approximate surface area is 135 Å². The third-order valence-corrected chi connectivity index (χ3v) is 3.12. The number of halogens is 1. The van der Waals surface area contributed by atoms with Crippen molar-refractivity contribution in [3.05, 3.63) is 55.8 Å². The van der Waals surface area contributed by atoms with Crippen LogP contribution >= 0.6 is 11.6 Å². The number of nitrogen functional groups attached to an aromatic ring is 1. The zero-order chi connectivity index (χ0) is 17.0. The van der Waals surface area contributed by atoms with E-state index in [-0.39, 0.29) is 18.0 Å². The zero-order valence-corrected chi connectivity index (χ0v) is 12.9. The van der Waals surface area contributed by atoms with Crippen LogP contribution in [-0.2, 0) is 0 Å². The molecule has 1 unspecified atom stereocenters. The second kappa shape index (κ2) is 7.01. The van der Waals surface area contributed by atoms with E-state index in [1.165, 1.54) is 0 Å². The SMILES string of the molecule is CC(COc1cccc(Cl)c1)NC(=O)c1[nH]c(=O)[nH]c(=O)c1N. The molecule has 9 heteroatoms. The van der Waals surface area contributed by atoms with Gasteiger partial charge in [-0.25, -0.2) is 4.79 Å². The molecular weight excluding hydrogens is 324 g/mol. The van der Waals surface area contributed by atoms with Crippen molar-refractivity contribution in [1.82, 2.24) is 15.3 Å². The van der Waals surface area contributed by atoms with Crippen LogP contribution in [-0.4, -0.2) is 28.5 Å². The molecule has 8 nitrogen and oxygen atoms in total. The molecular formula is C14H15ClN4O4. The minimum absolute atomic E-state index is 0.166. The standard InChI is InChI=1S/C14H15ClN4O4/c1-7(6-23-9-4-2-3-8(15)5-9)17-13(21)11-10(16)12(20)19-14(22)18-11/h2-5,7H,6,16H2,1H3,(H,17,21)(H2,18,19,20,22). The van der Waals surface area contributed by atoms with E-state index < -0.39 is 23.2 Å². The number of H-pyrrole nitrogens is 2. The molecule has 5 N–H and O–H groups in total. The first-order chi connectivity index (χ1) is 10.9. The van der Waals surface area contributed by atoms with Gasteiger partial charge in [-0.05, 0) is 25.1 Å². The second-order valence-electron chi connectivity index (χ2n) is 4.84. The quantitative estimate of drug-likeness (QED) is 0.630. The number of aromatic nitrogens is 2. The van der Waals surface area contributed by atoms with Crippen molar-refractivity contribution in [1.29, 1.82) is 0 Å². The van der Waals surface area contributed by atoms with Crippen LogP contribution in [0.1, 0.15) is 17.4 Å². The average Bonchev–Trinajstić information content (AvgIpc) is 2.49. The van der Waals surface area contributed by atoms with Gasteiger partial charge in [0.25, 0.3) is 11.5 Å². The predicted octanol–water partition coefficient (Wildman–Crippen LogP) is 0.496. The Morgan fingerprint density at radius 1 is 1.39 bits per heavy atom. The molecule has 0 saturated heterocycles. The van der Waals surface area contributed by atoms with Crippen LogP contribution in [0.5, 0.6) is 5.75 Å². The number of carbonyl (C=O) groups excluding carboxylic acids is 1. The van der Waals surface area contributed by atoms with Gasteiger partial charge in [-0.3, -0.25) is 14.6 Å². The van der Waals surface area contributed by atoms with Crippen molar-refractivity contribution < 1.29 is 9.53 Å². The summed E-state index contributed by atoms with van der Waals surface area (Å²) >= 11 is 5.84. The zero-order valence-electron chi connectivity index (χ0n) is 12.2. The first-order valence-corrected chi connectivity index (χ1v) is 7.06. The number of hydrogen-bond donors (Lipinski definition) is 4. The summed E-state index contributed by atoms with van der Waals surface area (Å²) < 4.78 is 5.49. The van der Waals surface area contributed by atoms with E-state index in [0.717, 1.165) is 0 Å². The minimum atomic E-state index is -0.818. The maximum atomic E-state index is 12.1. The lowest BCUT2D eigenvalue weighted by Crippen LogP contribution is -2.40. The van der Waals surface area contributed by atoms with Crippen molar-refractivity contribution in [3.8, 4) is 5.75 Å². The number of ether oxygens (including phenoxy) is 1. The maximum absolute atomic E-state index is 12.1. The molecule has 0 radical (unpaired) electrons. The van der Waals surface area contributed by atoms with Gasteiger partial charge in [0.2, 0.25) is 0 Å². The number of hydrogen-bond acceptors (Lipinski definition) is 5. The summed E-state index contributed by atoms with van der Waals surface area (Å²) in [5, 5.41) is 3.11. The molecule has 0 bridgehead atoms. The van der Waals surface area contributed by atoms with E-state index in [9.17, 15) is 14.4 Å². The minimum Gasteiger partial charge on any atom is -0.491 e. The monoisotopic (exact) mass is 338 g/mol. The molecule has 1 aromatic heterocycles. The number of carbonyl (C=O) groups is 1. The summed E-state index contributed by atoms with van der Waals surface area (Å²) in [5.41, 5.74) is 3.22. The molecule has 0 aliphatic carbocycles. The van der Waals surface area contributed by atoms with Gasteiger partial charge in [0.05, 0.1) is 6.04 Å². The Kier molecular flexibility index (Phi) is 5.07. The summed E-state index contributed by atoms with van der Waals surface area (Å²) in [7, 11) is 0. The first kappa shape index (κ1) is 16.6. The number of amides is 1. The molecule has 1 atom stereocenters. The molecule has 1 heterocycles. The van der Waals surface area contributed by atoms with E-state index >= 15 is 0 Å². The van der Waals surface area contributed by atoms with Gasteiger partial charge in [0, 0.05) is 5.02 Å². The Bertz CT molecular complexity index is 830. The molecule has 2 aromatic rings. The molecule has 1 aromatic carbocycles. The average molecular weight is 339 g/mol. The summed E-state index contributed by atoms with van der Waals surface area (Å²) in [5.74, 6) is -0.115. The van der Waals surface area contributed by atoms with Crippen LogP contribution in [0.15, 0.2) is 33.9 Å². The summed E-state index contributed by atoms with van der Waals surface area (Å²) in [6.07, 6.45) is 0. The van der Waals surface area contributed by atoms with E-state index in [4.69, 9.17) is 22.1 Å². The third-order valence-electron chi connectivity index (χ3n) is 2.88. The number of nitrogens with one attached hydrogen (secondary N) is 3. The highest BCUT2D eigenvalue weighted by molar-refractivity contribution is 6.30. The Hall–Kier alpha value is -2.74. The molecule has 0 fully saturated rings. The highest BCUT2D eigenvalue weighted by Gasteiger charge is 2.16. The molecule has 1 amide bonds. The van der Waals surface area contributed by atoms with Crippen molar-refractivity contribution in [2.45, 2.75) is 13.0 Å². The van der Waals surface area contributed by atoms with E-state index in [1.54, 1.807) is 31.2 Å². The summed E-state index contributed by atoms with van der Waals surface area (Å²) in [6, 6.07) is 6.42. The van der Waals surface area contributed by atoms with Gasteiger partial charge in [0.1, 0.15) is 23.7 Å². The lowest BCUT2D eigenvalue weighted by molar-refractivity contribution is 0.0922. The molecule has 2 rings (SSSR count). The third kappa shape index (κ3) is 4.36. The van der Waals surface area contributed by atoms with Crippen molar-refractivity contribution in [2.75, 3.05) is 12.3 Å². The van der Waals surface area contributed by atoms with Gasteiger partial charge in [-0.2, -0.15) is 0 Å². The van der Waals surface area contributed by atoms with E-state index in [1.807, 2.05) is 4.98 Å². The van der Waals surface area contributed by atoms with Gasteiger partial charge >= 0.3 is 5.69 Å². The fourth-order valence-corrected chi connectivity index (χ4v) is 1.97. The number of nitrogens with two attached hydrogens (primary N) is 1. The van der Waals surface area contributed by atoms with Crippen LogP contribution in [0.2, 0.25) is 5.02 Å². The number of aromatic amines is 2.